The average Bonchev–Trinajstić information content (AvgIpc) is 3.30. The summed E-state index contributed by atoms with van der Waals surface area (Å²) < 4.78 is 27.7. The van der Waals surface area contributed by atoms with Gasteiger partial charge in [-0.2, -0.15) is 0 Å². The van der Waals surface area contributed by atoms with Gasteiger partial charge in [-0.05, 0) is 86.7 Å². The van der Waals surface area contributed by atoms with E-state index in [0.717, 1.165) is 63.7 Å². The number of nitrogens with one attached hydrogen (secondary N) is 2. The normalized spacial score (nSPS) is 22.3. The lowest BCUT2D eigenvalue weighted by Crippen LogP contribution is -2.48. The number of carbonyl (C=O) groups is 1. The minimum Gasteiger partial charge on any atom is -0.307 e. The molecule has 0 spiro atoms. The quantitative estimate of drug-likeness (QED) is 0.821. The molecule has 0 bridgehead atoms. The molecule has 4 rings (SSSR count). The van der Waals surface area contributed by atoms with E-state index in [9.17, 15) is 13.2 Å². The smallest absolute Gasteiger partial charge is 0.307 e. The van der Waals surface area contributed by atoms with E-state index in [0.29, 0.717) is 13.0 Å². The average molecular weight is 396 g/mol. The van der Waals surface area contributed by atoms with Gasteiger partial charge in [-0.1, -0.05) is 13.0 Å². The molecule has 1 fully saturated rings. The molecule has 2 N–H and O–H groups in total. The number of likely N-dealkylation sites (tertiary alicyclic amines) is 1. The van der Waals surface area contributed by atoms with Gasteiger partial charge in [0, 0.05) is 15.1 Å². The molecule has 0 saturated carbocycles. The van der Waals surface area contributed by atoms with Gasteiger partial charge in [0.2, 0.25) is 10.0 Å². The van der Waals surface area contributed by atoms with Crippen LogP contribution in [0.15, 0.2) is 6.07 Å². The number of aryl methyl sites for hydroxylation is 2. The second-order valence-corrected chi connectivity index (χ2v) is 9.95. The van der Waals surface area contributed by atoms with Crippen molar-refractivity contribution in [2.75, 3.05) is 25.0 Å². The van der Waals surface area contributed by atoms with Crippen molar-refractivity contribution >= 4 is 21.7 Å². The minimum absolute atomic E-state index is 0. The molecule has 2 amide bonds. The SMILES string of the molecule is CCN1CCCC(S(=O)(=O)NC(=O)Nc2c3c(cc4c2CCC4)CCC3)C1.[HH].[HH]. The number of amides is 2. The van der Waals surface area contributed by atoms with Crippen molar-refractivity contribution in [3.63, 3.8) is 0 Å². The van der Waals surface area contributed by atoms with Crippen molar-refractivity contribution in [2.45, 2.75) is 63.5 Å². The van der Waals surface area contributed by atoms with E-state index in [1.54, 1.807) is 0 Å². The number of rotatable bonds is 4. The lowest BCUT2D eigenvalue weighted by Gasteiger charge is -2.31. The molecule has 27 heavy (non-hydrogen) atoms. The van der Waals surface area contributed by atoms with Crippen LogP contribution >= 0.6 is 0 Å². The highest BCUT2D eigenvalue weighted by atomic mass is 32.2. The first-order valence-electron chi connectivity index (χ1n) is 10.2. The highest BCUT2D eigenvalue weighted by Crippen LogP contribution is 2.38. The predicted octanol–water partition coefficient (Wildman–Crippen LogP) is 3.09. The fourth-order valence-electron chi connectivity index (χ4n) is 4.87. The second-order valence-electron chi connectivity index (χ2n) is 7.99. The number of benzene rings is 1. The largest absolute Gasteiger partial charge is 0.332 e. The van der Waals surface area contributed by atoms with Crippen molar-refractivity contribution in [3.8, 4) is 0 Å². The molecule has 1 saturated heterocycles. The highest BCUT2D eigenvalue weighted by Gasteiger charge is 2.32. The summed E-state index contributed by atoms with van der Waals surface area (Å²) in [6.07, 6.45) is 7.66. The molecule has 6 nitrogen and oxygen atoms in total. The van der Waals surface area contributed by atoms with Crippen LogP contribution in [0, 0.1) is 0 Å². The number of hydrogen-bond acceptors (Lipinski definition) is 4. The molecular weight excluding hydrogens is 362 g/mol. The van der Waals surface area contributed by atoms with E-state index in [2.05, 4.69) is 21.0 Å². The lowest BCUT2D eigenvalue weighted by molar-refractivity contribution is 0.240. The van der Waals surface area contributed by atoms with Gasteiger partial charge in [0.1, 0.15) is 0 Å². The van der Waals surface area contributed by atoms with E-state index >= 15 is 0 Å². The van der Waals surface area contributed by atoms with Crippen LogP contribution in [0.5, 0.6) is 0 Å². The van der Waals surface area contributed by atoms with Crippen LogP contribution in [-0.2, 0) is 35.7 Å². The van der Waals surface area contributed by atoms with Gasteiger partial charge < -0.3 is 10.2 Å². The summed E-state index contributed by atoms with van der Waals surface area (Å²) in [6, 6.07) is 1.68. The van der Waals surface area contributed by atoms with Crippen molar-refractivity contribution in [1.29, 1.82) is 0 Å². The number of fused-ring (bicyclic) bond motifs is 2. The summed E-state index contributed by atoms with van der Waals surface area (Å²) in [4.78, 5) is 14.7. The Morgan fingerprint density at radius 2 is 1.81 bits per heavy atom. The first-order valence-corrected chi connectivity index (χ1v) is 11.7. The molecule has 1 aromatic rings. The van der Waals surface area contributed by atoms with Crippen molar-refractivity contribution in [3.05, 3.63) is 28.3 Å². The van der Waals surface area contributed by atoms with Gasteiger partial charge in [0.15, 0.2) is 0 Å². The Morgan fingerprint density at radius 3 is 2.44 bits per heavy atom. The molecular formula is C20H33N3O3S. The summed E-state index contributed by atoms with van der Waals surface area (Å²) in [7, 11) is -3.68. The first kappa shape index (κ1) is 18.7. The molecule has 7 heteroatoms. The fraction of sp³-hybridized carbons (Fsp3) is 0.650. The van der Waals surface area contributed by atoms with Crippen molar-refractivity contribution in [1.82, 2.24) is 9.62 Å². The number of urea groups is 1. The van der Waals surface area contributed by atoms with Crippen LogP contribution in [0.1, 0.15) is 57.7 Å². The molecule has 1 atom stereocenters. The second kappa shape index (κ2) is 7.43. The fourth-order valence-corrected chi connectivity index (χ4v) is 6.23. The summed E-state index contributed by atoms with van der Waals surface area (Å²) in [6.45, 7) is 4.29. The molecule has 1 heterocycles. The number of anilines is 1. The zero-order valence-electron chi connectivity index (χ0n) is 16.0. The van der Waals surface area contributed by atoms with Gasteiger partial charge in [0.25, 0.3) is 0 Å². The molecule has 3 aliphatic rings. The van der Waals surface area contributed by atoms with Gasteiger partial charge in [-0.3, -0.25) is 0 Å². The number of hydrogen-bond donors (Lipinski definition) is 2. The van der Waals surface area contributed by atoms with E-state index in [1.165, 1.54) is 22.3 Å². The van der Waals surface area contributed by atoms with Gasteiger partial charge in [-0.15, -0.1) is 0 Å². The Balaban J connectivity index is 0.00000150. The first-order chi connectivity index (χ1) is 13.0. The molecule has 0 aromatic heterocycles. The molecule has 2 aliphatic carbocycles. The Hall–Kier alpha value is -1.60. The van der Waals surface area contributed by atoms with Gasteiger partial charge in [-0.25, -0.2) is 17.9 Å². The van der Waals surface area contributed by atoms with Crippen LogP contribution in [0.4, 0.5) is 10.5 Å². The third-order valence-corrected chi connectivity index (χ3v) is 8.03. The van der Waals surface area contributed by atoms with Crippen LogP contribution in [0.25, 0.3) is 0 Å². The van der Waals surface area contributed by atoms with E-state index in [4.69, 9.17) is 0 Å². The molecule has 0 radical (unpaired) electrons. The van der Waals surface area contributed by atoms with E-state index in [1.807, 2.05) is 6.92 Å². The van der Waals surface area contributed by atoms with Crippen molar-refractivity contribution in [2.24, 2.45) is 0 Å². The van der Waals surface area contributed by atoms with Crippen LogP contribution < -0.4 is 10.0 Å². The zero-order valence-corrected chi connectivity index (χ0v) is 16.8. The summed E-state index contributed by atoms with van der Waals surface area (Å²) in [5.74, 6) is 0. The van der Waals surface area contributed by atoms with Gasteiger partial charge in [0.05, 0.1) is 5.25 Å². The van der Waals surface area contributed by atoms with Crippen LogP contribution in [0.2, 0.25) is 0 Å². The summed E-state index contributed by atoms with van der Waals surface area (Å²) >= 11 is 0. The Bertz CT molecular complexity index is 829. The van der Waals surface area contributed by atoms with Gasteiger partial charge >= 0.3 is 6.03 Å². The Morgan fingerprint density at radius 1 is 1.15 bits per heavy atom. The van der Waals surface area contributed by atoms with Crippen molar-refractivity contribution < 1.29 is 16.1 Å². The summed E-state index contributed by atoms with van der Waals surface area (Å²) in [5, 5.41) is 2.40. The number of piperidine rings is 1. The van der Waals surface area contributed by atoms with E-state index in [-0.39, 0.29) is 2.85 Å². The highest BCUT2D eigenvalue weighted by molar-refractivity contribution is 7.90. The number of nitrogens with zero attached hydrogens (tertiary/aromatic N) is 1. The third kappa shape index (κ3) is 3.72. The minimum atomic E-state index is -3.68. The number of sulfonamides is 1. The maximum absolute atomic E-state index is 12.7. The monoisotopic (exact) mass is 395 g/mol. The van der Waals surface area contributed by atoms with Crippen LogP contribution in [-0.4, -0.2) is 44.2 Å². The maximum Gasteiger partial charge on any atom is 0.332 e. The maximum atomic E-state index is 12.7. The molecule has 152 valence electrons. The Kier molecular flexibility index (Phi) is 5.16. The third-order valence-electron chi connectivity index (χ3n) is 6.29. The summed E-state index contributed by atoms with van der Waals surface area (Å²) in [5.41, 5.74) is 5.93. The standard InChI is InChI=1S/C20H29N3O3S.2H2/c1-2-23-11-5-8-16(13-23)27(25,26)22-20(24)21-19-17-9-3-6-14(17)12-15-7-4-10-18(15)19;;/h12,16H,2-11,13H2,1H3,(H2,21,22,24);2*1H. The lowest BCUT2D eigenvalue weighted by atomic mass is 9.99. The molecule has 1 aliphatic heterocycles. The number of carbonyl (C=O) groups excluding carboxylic acids is 1. The zero-order chi connectivity index (χ0) is 19.0. The molecule has 1 unspecified atom stereocenters. The predicted molar refractivity (Wildman–Crippen MR) is 111 cm³/mol. The molecule has 1 aromatic carbocycles. The Labute approximate surface area is 164 Å². The topological polar surface area (TPSA) is 78.5 Å². The van der Waals surface area contributed by atoms with Crippen LogP contribution in [0.3, 0.4) is 0 Å². The van der Waals surface area contributed by atoms with E-state index < -0.39 is 21.3 Å².